The van der Waals surface area contributed by atoms with E-state index in [1.165, 1.54) is 17.8 Å². The molecule has 0 saturated carbocycles. The van der Waals surface area contributed by atoms with E-state index in [0.29, 0.717) is 41.2 Å². The maximum atomic E-state index is 14.8. The Morgan fingerprint density at radius 3 is 2.68 bits per heavy atom. The fourth-order valence-electron chi connectivity index (χ4n) is 4.73. The molecule has 11 heteroatoms. The van der Waals surface area contributed by atoms with Crippen LogP contribution in [0.3, 0.4) is 0 Å². The van der Waals surface area contributed by atoms with Crippen LogP contribution in [0.15, 0.2) is 58.6 Å². The number of hydrogen-bond acceptors (Lipinski definition) is 9. The standard InChI is InChI=1S/C26H30FN7O2S/c1-26(2,3)36-25(35)33-14-16-8-11-34(20(16)15-33)23-13-22(31-24(28)32-23)30-17-4-5-21(19(27)12-17)37-18-6-9-29-10-7-18/h4-7,9-10,12-13,16,20H,8,11,14-15H2,1-3H3,(H3,28,30,31,32). The summed E-state index contributed by atoms with van der Waals surface area (Å²) < 4.78 is 20.4. The molecular weight excluding hydrogens is 493 g/mol. The highest BCUT2D eigenvalue weighted by Crippen LogP contribution is 2.36. The van der Waals surface area contributed by atoms with Gasteiger partial charge >= 0.3 is 6.09 Å². The van der Waals surface area contributed by atoms with Crippen molar-refractivity contribution in [2.45, 2.75) is 48.6 Å². The molecule has 0 aliphatic carbocycles. The fraction of sp³-hybridized carbons (Fsp3) is 0.385. The largest absolute Gasteiger partial charge is 0.444 e. The Kier molecular flexibility index (Phi) is 6.80. The molecule has 0 radical (unpaired) electrons. The molecule has 2 aliphatic heterocycles. The van der Waals surface area contributed by atoms with Crippen molar-refractivity contribution in [3.63, 3.8) is 0 Å². The topological polar surface area (TPSA) is 110 Å². The molecule has 0 spiro atoms. The van der Waals surface area contributed by atoms with Crippen molar-refractivity contribution < 1.29 is 13.9 Å². The van der Waals surface area contributed by atoms with E-state index in [1.54, 1.807) is 29.4 Å². The number of pyridine rings is 1. The van der Waals surface area contributed by atoms with Crippen molar-refractivity contribution in [2.24, 2.45) is 5.92 Å². The van der Waals surface area contributed by atoms with Crippen LogP contribution in [-0.4, -0.2) is 57.2 Å². The minimum absolute atomic E-state index is 0.121. The summed E-state index contributed by atoms with van der Waals surface area (Å²) in [6.45, 7) is 7.63. The zero-order chi connectivity index (χ0) is 26.2. The lowest BCUT2D eigenvalue weighted by Gasteiger charge is -2.28. The molecule has 2 saturated heterocycles. The number of nitrogens with zero attached hydrogens (tertiary/aromatic N) is 5. The Balaban J connectivity index is 1.29. The van der Waals surface area contributed by atoms with Crippen molar-refractivity contribution in [3.8, 4) is 0 Å². The minimum atomic E-state index is -0.536. The third-order valence-corrected chi connectivity index (χ3v) is 7.36. The lowest BCUT2D eigenvalue weighted by Crippen LogP contribution is -2.39. The summed E-state index contributed by atoms with van der Waals surface area (Å²) >= 11 is 1.33. The number of amides is 1. The lowest BCUT2D eigenvalue weighted by molar-refractivity contribution is 0.0284. The van der Waals surface area contributed by atoms with Crippen molar-refractivity contribution in [1.29, 1.82) is 0 Å². The molecule has 4 heterocycles. The summed E-state index contributed by atoms with van der Waals surface area (Å²) in [5.41, 5.74) is 6.06. The number of carbonyl (C=O) groups is 1. The number of fused-ring (bicyclic) bond motifs is 1. The van der Waals surface area contributed by atoms with Crippen LogP contribution in [0.4, 0.5) is 32.5 Å². The summed E-state index contributed by atoms with van der Waals surface area (Å²) in [6, 6.07) is 10.6. The molecule has 1 aromatic carbocycles. The molecule has 37 heavy (non-hydrogen) atoms. The molecule has 1 amide bonds. The van der Waals surface area contributed by atoms with Crippen LogP contribution in [0.25, 0.3) is 0 Å². The number of aromatic nitrogens is 3. The number of nitrogens with one attached hydrogen (secondary N) is 1. The summed E-state index contributed by atoms with van der Waals surface area (Å²) in [5.74, 6) is 1.26. The number of nitrogens with two attached hydrogens (primary N) is 1. The summed E-state index contributed by atoms with van der Waals surface area (Å²) in [6.07, 6.45) is 4.00. The Bertz CT molecular complexity index is 1290. The lowest BCUT2D eigenvalue weighted by atomic mass is 10.1. The highest BCUT2D eigenvalue weighted by Gasteiger charge is 2.44. The molecule has 194 valence electrons. The number of hydrogen-bond donors (Lipinski definition) is 2. The number of nitrogen functional groups attached to an aromatic ring is 1. The Morgan fingerprint density at radius 2 is 1.95 bits per heavy atom. The predicted octanol–water partition coefficient (Wildman–Crippen LogP) is 4.93. The van der Waals surface area contributed by atoms with Gasteiger partial charge in [-0.25, -0.2) is 9.18 Å². The van der Waals surface area contributed by atoms with Crippen LogP contribution < -0.4 is 16.0 Å². The van der Waals surface area contributed by atoms with Gasteiger partial charge in [0.25, 0.3) is 0 Å². The molecule has 2 fully saturated rings. The normalized spacial score (nSPS) is 19.1. The van der Waals surface area contributed by atoms with Crippen LogP contribution in [-0.2, 0) is 4.74 Å². The van der Waals surface area contributed by atoms with Gasteiger partial charge in [-0.3, -0.25) is 4.98 Å². The van der Waals surface area contributed by atoms with Gasteiger partial charge in [0.05, 0.1) is 6.04 Å². The van der Waals surface area contributed by atoms with Crippen LogP contribution >= 0.6 is 11.8 Å². The van der Waals surface area contributed by atoms with E-state index in [9.17, 15) is 9.18 Å². The average molecular weight is 524 g/mol. The van der Waals surface area contributed by atoms with E-state index in [0.717, 1.165) is 17.9 Å². The SMILES string of the molecule is CC(C)(C)OC(=O)N1CC2CCN(c3cc(Nc4ccc(Sc5ccncc5)c(F)c4)nc(N)n3)C2C1. The first-order valence-electron chi connectivity index (χ1n) is 12.2. The summed E-state index contributed by atoms with van der Waals surface area (Å²) in [4.78, 5) is 30.7. The van der Waals surface area contributed by atoms with Gasteiger partial charge in [0.15, 0.2) is 0 Å². The maximum Gasteiger partial charge on any atom is 0.410 e. The Hall–Kier alpha value is -3.60. The third-order valence-electron chi connectivity index (χ3n) is 6.31. The number of anilines is 4. The van der Waals surface area contributed by atoms with Gasteiger partial charge in [0, 0.05) is 59.5 Å². The highest BCUT2D eigenvalue weighted by molar-refractivity contribution is 7.99. The summed E-state index contributed by atoms with van der Waals surface area (Å²) in [5, 5.41) is 3.15. The minimum Gasteiger partial charge on any atom is -0.444 e. The summed E-state index contributed by atoms with van der Waals surface area (Å²) in [7, 11) is 0. The molecule has 2 aliphatic rings. The molecule has 3 aromatic rings. The van der Waals surface area contributed by atoms with E-state index in [2.05, 4.69) is 25.2 Å². The van der Waals surface area contributed by atoms with Gasteiger partial charge in [-0.15, -0.1) is 0 Å². The number of halogens is 1. The predicted molar refractivity (Wildman–Crippen MR) is 142 cm³/mol. The monoisotopic (exact) mass is 523 g/mol. The Morgan fingerprint density at radius 1 is 1.16 bits per heavy atom. The van der Waals surface area contributed by atoms with Crippen molar-refractivity contribution in [1.82, 2.24) is 19.9 Å². The quantitative estimate of drug-likeness (QED) is 0.481. The molecule has 3 N–H and O–H groups in total. The molecule has 2 atom stereocenters. The number of ether oxygens (including phenoxy) is 1. The van der Waals surface area contributed by atoms with Crippen molar-refractivity contribution in [2.75, 3.05) is 35.6 Å². The fourth-order valence-corrected chi connectivity index (χ4v) is 5.53. The van der Waals surface area contributed by atoms with E-state index < -0.39 is 5.60 Å². The van der Waals surface area contributed by atoms with E-state index >= 15 is 0 Å². The molecule has 9 nitrogen and oxygen atoms in total. The first-order valence-corrected chi connectivity index (χ1v) is 13.0. The molecule has 2 aromatic heterocycles. The second kappa shape index (κ2) is 10.0. The van der Waals surface area contributed by atoms with Gasteiger partial charge in [-0.05, 0) is 57.5 Å². The number of rotatable bonds is 5. The van der Waals surface area contributed by atoms with E-state index in [1.807, 2.05) is 39.0 Å². The Labute approximate surface area is 219 Å². The van der Waals surface area contributed by atoms with Gasteiger partial charge in [0.1, 0.15) is 23.1 Å². The van der Waals surface area contributed by atoms with E-state index in [4.69, 9.17) is 10.5 Å². The number of carbonyl (C=O) groups excluding carboxylic acids is 1. The third kappa shape index (κ3) is 5.87. The van der Waals surface area contributed by atoms with Crippen molar-refractivity contribution in [3.05, 3.63) is 54.6 Å². The first kappa shape index (κ1) is 25.1. The molecule has 5 rings (SSSR count). The van der Waals surface area contributed by atoms with Crippen molar-refractivity contribution >= 4 is 41.1 Å². The van der Waals surface area contributed by atoms with Crippen LogP contribution in [0.1, 0.15) is 27.2 Å². The van der Waals surface area contributed by atoms with Gasteiger partial charge in [-0.1, -0.05) is 11.8 Å². The first-order chi connectivity index (χ1) is 17.6. The number of benzene rings is 1. The van der Waals surface area contributed by atoms with Gasteiger partial charge in [-0.2, -0.15) is 9.97 Å². The maximum absolute atomic E-state index is 14.8. The van der Waals surface area contributed by atoms with Crippen LogP contribution in [0.5, 0.6) is 0 Å². The van der Waals surface area contributed by atoms with E-state index in [-0.39, 0.29) is 23.9 Å². The smallest absolute Gasteiger partial charge is 0.410 e. The van der Waals surface area contributed by atoms with Gasteiger partial charge < -0.3 is 25.6 Å². The van der Waals surface area contributed by atoms with Gasteiger partial charge in [0.2, 0.25) is 5.95 Å². The molecular formula is C26H30FN7O2S. The second-order valence-corrected chi connectivity index (χ2v) is 11.3. The second-order valence-electron chi connectivity index (χ2n) is 10.2. The van der Waals surface area contributed by atoms with Crippen LogP contribution in [0.2, 0.25) is 0 Å². The zero-order valence-electron chi connectivity index (χ0n) is 21.0. The van der Waals surface area contributed by atoms with Crippen LogP contribution in [0, 0.1) is 11.7 Å². The number of likely N-dealkylation sites (tertiary alicyclic amines) is 1. The molecule has 2 unspecified atom stereocenters. The average Bonchev–Trinajstić information content (AvgIpc) is 3.41. The zero-order valence-corrected chi connectivity index (χ0v) is 21.8. The molecule has 0 bridgehead atoms. The highest BCUT2D eigenvalue weighted by atomic mass is 32.2.